The summed E-state index contributed by atoms with van der Waals surface area (Å²) in [4.78, 5) is 26.4. The lowest BCUT2D eigenvalue weighted by atomic mass is 9.71. The molecule has 1 amide bonds. The Morgan fingerprint density at radius 3 is 2.90 bits per heavy atom. The van der Waals surface area contributed by atoms with Crippen LogP contribution in [0.1, 0.15) is 43.2 Å². The number of hydrogen-bond donors (Lipinski definition) is 1. The van der Waals surface area contributed by atoms with Crippen molar-refractivity contribution in [2.24, 2.45) is 5.92 Å². The maximum atomic E-state index is 12.7. The largest absolute Gasteiger partial charge is 0.482 e. The van der Waals surface area contributed by atoms with Gasteiger partial charge in [-0.15, -0.1) is 0 Å². The third-order valence-electron chi connectivity index (χ3n) is 6.64. The number of likely N-dealkylation sites (tertiary alicyclic amines) is 1. The third kappa shape index (κ3) is 3.76. The van der Waals surface area contributed by atoms with Gasteiger partial charge in [0.1, 0.15) is 11.3 Å². The minimum atomic E-state index is -0.620. The van der Waals surface area contributed by atoms with Crippen LogP contribution < -0.4 is 10.4 Å². The molecule has 1 N–H and O–H groups in total. The van der Waals surface area contributed by atoms with E-state index < -0.39 is 11.2 Å². The Labute approximate surface area is 174 Å². The zero-order valence-corrected chi connectivity index (χ0v) is 17.6. The van der Waals surface area contributed by atoms with Gasteiger partial charge in [0.2, 0.25) is 0 Å². The molecule has 1 saturated carbocycles. The molecule has 7 heteroatoms. The SMILES string of the molecule is Cc1c(C)c2cc(Cl)c(OCC(=O)N3CC[C@]4(O)CCCC[C@@H]4C3)cc2oc1=O. The van der Waals surface area contributed by atoms with Crippen molar-refractivity contribution in [3.8, 4) is 5.75 Å². The summed E-state index contributed by atoms with van der Waals surface area (Å²) in [6.45, 7) is 4.51. The smallest absolute Gasteiger partial charge is 0.339 e. The highest BCUT2D eigenvalue weighted by Crippen LogP contribution is 2.40. The standard InChI is InChI=1S/C22H26ClNO5/c1-13-14(2)21(26)29-18-10-19(17(23)9-16(13)18)28-12-20(25)24-8-7-22(27)6-4-3-5-15(22)11-24/h9-10,15,27H,3-8,11-12H2,1-2H3/t15-,22-/m1/s1. The van der Waals surface area contributed by atoms with Gasteiger partial charge in [-0.2, -0.15) is 0 Å². The lowest BCUT2D eigenvalue weighted by molar-refractivity contribution is -0.145. The Bertz CT molecular complexity index is 1020. The number of aryl methyl sites for hydroxylation is 1. The van der Waals surface area contributed by atoms with E-state index in [9.17, 15) is 14.7 Å². The van der Waals surface area contributed by atoms with E-state index in [-0.39, 0.29) is 18.4 Å². The predicted molar refractivity (Wildman–Crippen MR) is 111 cm³/mol. The summed E-state index contributed by atoms with van der Waals surface area (Å²) in [7, 11) is 0. The van der Waals surface area contributed by atoms with Gasteiger partial charge in [-0.25, -0.2) is 4.79 Å². The van der Waals surface area contributed by atoms with Crippen LogP contribution in [-0.2, 0) is 4.79 Å². The molecule has 6 nitrogen and oxygen atoms in total. The number of nitrogens with zero attached hydrogens (tertiary/aromatic N) is 1. The maximum absolute atomic E-state index is 12.7. The molecule has 2 fully saturated rings. The highest BCUT2D eigenvalue weighted by Gasteiger charge is 2.43. The fourth-order valence-electron chi connectivity index (χ4n) is 4.58. The molecule has 0 radical (unpaired) electrons. The average molecular weight is 420 g/mol. The molecule has 0 unspecified atom stereocenters. The van der Waals surface area contributed by atoms with Crippen LogP contribution in [0.2, 0.25) is 5.02 Å². The Morgan fingerprint density at radius 1 is 1.31 bits per heavy atom. The minimum absolute atomic E-state index is 0.129. The normalized spacial score (nSPS) is 24.4. The van der Waals surface area contributed by atoms with Crippen molar-refractivity contribution in [1.82, 2.24) is 4.90 Å². The minimum Gasteiger partial charge on any atom is -0.482 e. The van der Waals surface area contributed by atoms with E-state index in [0.717, 1.165) is 36.6 Å². The Kier molecular flexibility index (Phi) is 5.34. The van der Waals surface area contributed by atoms with E-state index in [2.05, 4.69) is 0 Å². The summed E-state index contributed by atoms with van der Waals surface area (Å²) in [5.74, 6) is 0.319. The van der Waals surface area contributed by atoms with Crippen molar-refractivity contribution in [1.29, 1.82) is 0 Å². The topological polar surface area (TPSA) is 80.0 Å². The first-order valence-corrected chi connectivity index (χ1v) is 10.5. The molecule has 1 aromatic heterocycles. The second-order valence-electron chi connectivity index (χ2n) is 8.34. The van der Waals surface area contributed by atoms with Gasteiger partial charge in [0.25, 0.3) is 5.91 Å². The predicted octanol–water partition coefficient (Wildman–Crippen LogP) is 3.60. The highest BCUT2D eigenvalue weighted by atomic mass is 35.5. The summed E-state index contributed by atoms with van der Waals surface area (Å²) in [5, 5.41) is 11.9. The molecule has 2 atom stereocenters. The summed E-state index contributed by atoms with van der Waals surface area (Å²) in [5.41, 5.74) is 0.729. The zero-order chi connectivity index (χ0) is 20.8. The molecule has 156 valence electrons. The van der Waals surface area contributed by atoms with Crippen LogP contribution in [0.5, 0.6) is 5.75 Å². The molecule has 0 spiro atoms. The number of hydrogen-bond acceptors (Lipinski definition) is 5. The summed E-state index contributed by atoms with van der Waals surface area (Å²) >= 11 is 6.34. The molecule has 2 aliphatic rings. The number of piperidine rings is 1. The Morgan fingerprint density at radius 2 is 2.10 bits per heavy atom. The van der Waals surface area contributed by atoms with Crippen LogP contribution in [-0.4, -0.2) is 41.2 Å². The first-order valence-electron chi connectivity index (χ1n) is 10.1. The molecule has 1 aromatic carbocycles. The molecule has 1 aliphatic heterocycles. The number of fused-ring (bicyclic) bond motifs is 2. The zero-order valence-electron chi connectivity index (χ0n) is 16.8. The number of rotatable bonds is 3. The lowest BCUT2D eigenvalue weighted by Gasteiger charge is -2.47. The van der Waals surface area contributed by atoms with Gasteiger partial charge in [0.15, 0.2) is 6.61 Å². The van der Waals surface area contributed by atoms with E-state index in [0.29, 0.717) is 41.4 Å². The van der Waals surface area contributed by atoms with Crippen LogP contribution in [0, 0.1) is 19.8 Å². The Balaban J connectivity index is 1.47. The summed E-state index contributed by atoms with van der Waals surface area (Å²) in [6, 6.07) is 3.26. The van der Waals surface area contributed by atoms with Crippen LogP contribution in [0.15, 0.2) is 21.3 Å². The van der Waals surface area contributed by atoms with Gasteiger partial charge in [0.05, 0.1) is 10.6 Å². The number of carbonyl (C=O) groups is 1. The summed E-state index contributed by atoms with van der Waals surface area (Å²) < 4.78 is 11.0. The van der Waals surface area contributed by atoms with Crippen LogP contribution >= 0.6 is 11.6 Å². The van der Waals surface area contributed by atoms with E-state index in [1.165, 1.54) is 0 Å². The van der Waals surface area contributed by atoms with Gasteiger partial charge < -0.3 is 19.2 Å². The van der Waals surface area contributed by atoms with Gasteiger partial charge in [-0.05, 0) is 44.7 Å². The molecule has 4 rings (SSSR count). The quantitative estimate of drug-likeness (QED) is 0.769. The van der Waals surface area contributed by atoms with Crippen molar-refractivity contribution >= 4 is 28.5 Å². The monoisotopic (exact) mass is 419 g/mol. The first kappa shape index (κ1) is 20.2. The molecular formula is C22H26ClNO5. The molecule has 2 heterocycles. The molecule has 2 aromatic rings. The van der Waals surface area contributed by atoms with E-state index in [1.54, 1.807) is 24.0 Å². The third-order valence-corrected chi connectivity index (χ3v) is 6.94. The fourth-order valence-corrected chi connectivity index (χ4v) is 4.80. The van der Waals surface area contributed by atoms with Crippen molar-refractivity contribution in [3.63, 3.8) is 0 Å². The van der Waals surface area contributed by atoms with E-state index in [4.69, 9.17) is 20.8 Å². The van der Waals surface area contributed by atoms with Gasteiger partial charge >= 0.3 is 5.63 Å². The van der Waals surface area contributed by atoms with Gasteiger partial charge in [-0.3, -0.25) is 4.79 Å². The van der Waals surface area contributed by atoms with Gasteiger partial charge in [0, 0.05) is 36.0 Å². The number of aliphatic hydroxyl groups is 1. The first-order chi connectivity index (χ1) is 13.8. The highest BCUT2D eigenvalue weighted by molar-refractivity contribution is 6.32. The summed E-state index contributed by atoms with van der Waals surface area (Å²) in [6.07, 6.45) is 4.55. The molecular weight excluding hydrogens is 394 g/mol. The molecule has 0 bridgehead atoms. The van der Waals surface area contributed by atoms with Crippen LogP contribution in [0.3, 0.4) is 0 Å². The lowest BCUT2D eigenvalue weighted by Crippen LogP contribution is -2.55. The van der Waals surface area contributed by atoms with Crippen molar-refractivity contribution in [2.75, 3.05) is 19.7 Å². The van der Waals surface area contributed by atoms with Crippen molar-refractivity contribution < 1.29 is 19.1 Å². The van der Waals surface area contributed by atoms with Crippen LogP contribution in [0.25, 0.3) is 11.0 Å². The van der Waals surface area contributed by atoms with Gasteiger partial charge in [-0.1, -0.05) is 24.4 Å². The van der Waals surface area contributed by atoms with Crippen LogP contribution in [0.4, 0.5) is 0 Å². The number of halogens is 1. The fraction of sp³-hybridized carbons (Fsp3) is 0.545. The Hall–Kier alpha value is -2.05. The molecule has 1 saturated heterocycles. The number of benzene rings is 1. The number of ether oxygens (including phenoxy) is 1. The van der Waals surface area contributed by atoms with Crippen molar-refractivity contribution in [2.45, 2.75) is 51.6 Å². The molecule has 29 heavy (non-hydrogen) atoms. The molecule has 1 aliphatic carbocycles. The van der Waals surface area contributed by atoms with Crippen molar-refractivity contribution in [3.05, 3.63) is 38.7 Å². The number of amides is 1. The second kappa shape index (κ2) is 7.65. The second-order valence-corrected chi connectivity index (χ2v) is 8.75. The number of carbonyl (C=O) groups excluding carboxylic acids is 1. The average Bonchev–Trinajstić information content (AvgIpc) is 2.70. The van der Waals surface area contributed by atoms with E-state index >= 15 is 0 Å². The van der Waals surface area contributed by atoms with E-state index in [1.807, 2.05) is 6.92 Å². The maximum Gasteiger partial charge on any atom is 0.339 e.